The SMILES string of the molecule is CC(C)CONCCC(C)c1ccccc1. The van der Waals surface area contributed by atoms with Gasteiger partial charge in [0.15, 0.2) is 0 Å². The van der Waals surface area contributed by atoms with E-state index in [0.717, 1.165) is 19.6 Å². The van der Waals surface area contributed by atoms with E-state index in [1.807, 2.05) is 0 Å². The molecule has 1 N–H and O–H groups in total. The zero-order chi connectivity index (χ0) is 11.8. The minimum atomic E-state index is 0.580. The molecule has 0 aliphatic rings. The lowest BCUT2D eigenvalue weighted by Crippen LogP contribution is -2.20. The maximum Gasteiger partial charge on any atom is 0.0705 e. The highest BCUT2D eigenvalue weighted by Gasteiger charge is 2.03. The molecule has 0 saturated heterocycles. The van der Waals surface area contributed by atoms with Gasteiger partial charge in [0, 0.05) is 6.54 Å². The minimum Gasteiger partial charge on any atom is -0.302 e. The van der Waals surface area contributed by atoms with E-state index in [9.17, 15) is 0 Å². The summed E-state index contributed by atoms with van der Waals surface area (Å²) in [6.07, 6.45) is 1.10. The van der Waals surface area contributed by atoms with Crippen molar-refractivity contribution in [3.8, 4) is 0 Å². The van der Waals surface area contributed by atoms with Crippen LogP contribution in [-0.4, -0.2) is 13.2 Å². The van der Waals surface area contributed by atoms with Gasteiger partial charge >= 0.3 is 0 Å². The maximum absolute atomic E-state index is 5.33. The third kappa shape index (κ3) is 5.29. The lowest BCUT2D eigenvalue weighted by molar-refractivity contribution is 0.0227. The monoisotopic (exact) mass is 221 g/mol. The van der Waals surface area contributed by atoms with Gasteiger partial charge in [-0.15, -0.1) is 0 Å². The fraction of sp³-hybridized carbons (Fsp3) is 0.571. The quantitative estimate of drug-likeness (QED) is 0.563. The van der Waals surface area contributed by atoms with Gasteiger partial charge in [-0.1, -0.05) is 51.1 Å². The summed E-state index contributed by atoms with van der Waals surface area (Å²) in [5, 5.41) is 0. The highest BCUT2D eigenvalue weighted by molar-refractivity contribution is 5.18. The van der Waals surface area contributed by atoms with Gasteiger partial charge in [0.25, 0.3) is 0 Å². The van der Waals surface area contributed by atoms with Gasteiger partial charge < -0.3 is 4.84 Å². The highest BCUT2D eigenvalue weighted by Crippen LogP contribution is 2.17. The van der Waals surface area contributed by atoms with Crippen LogP contribution in [0.1, 0.15) is 38.7 Å². The van der Waals surface area contributed by atoms with Crippen molar-refractivity contribution in [2.75, 3.05) is 13.2 Å². The van der Waals surface area contributed by atoms with Crippen LogP contribution >= 0.6 is 0 Å². The second-order valence-corrected chi connectivity index (χ2v) is 4.70. The number of hydrogen-bond donors (Lipinski definition) is 1. The predicted octanol–water partition coefficient (Wildman–Crippen LogP) is 3.36. The molecule has 0 aliphatic heterocycles. The Morgan fingerprint density at radius 1 is 1.12 bits per heavy atom. The average Bonchev–Trinajstić information content (AvgIpc) is 2.29. The van der Waals surface area contributed by atoms with Crippen molar-refractivity contribution < 1.29 is 4.84 Å². The topological polar surface area (TPSA) is 21.3 Å². The largest absolute Gasteiger partial charge is 0.302 e. The van der Waals surface area contributed by atoms with Crippen molar-refractivity contribution in [1.82, 2.24) is 5.48 Å². The number of benzene rings is 1. The van der Waals surface area contributed by atoms with E-state index >= 15 is 0 Å². The summed E-state index contributed by atoms with van der Waals surface area (Å²) >= 11 is 0. The molecular weight excluding hydrogens is 198 g/mol. The summed E-state index contributed by atoms with van der Waals surface area (Å²) in [4.78, 5) is 5.33. The molecular formula is C14H23NO. The van der Waals surface area contributed by atoms with Gasteiger partial charge in [0.05, 0.1) is 6.61 Å². The van der Waals surface area contributed by atoms with E-state index < -0.39 is 0 Å². The zero-order valence-electron chi connectivity index (χ0n) is 10.6. The summed E-state index contributed by atoms with van der Waals surface area (Å²) in [6.45, 7) is 8.23. The van der Waals surface area contributed by atoms with E-state index in [-0.39, 0.29) is 0 Å². The third-order valence-electron chi connectivity index (χ3n) is 2.57. The van der Waals surface area contributed by atoms with Crippen LogP contribution in [0.5, 0.6) is 0 Å². The number of nitrogens with one attached hydrogen (secondary N) is 1. The van der Waals surface area contributed by atoms with E-state index in [2.05, 4.69) is 56.6 Å². The van der Waals surface area contributed by atoms with Gasteiger partial charge in [0.1, 0.15) is 0 Å². The molecule has 0 spiro atoms. The van der Waals surface area contributed by atoms with Crippen molar-refractivity contribution in [1.29, 1.82) is 0 Å². The second-order valence-electron chi connectivity index (χ2n) is 4.70. The Morgan fingerprint density at radius 3 is 2.44 bits per heavy atom. The van der Waals surface area contributed by atoms with Gasteiger partial charge in [-0.3, -0.25) is 0 Å². The highest BCUT2D eigenvalue weighted by atomic mass is 16.6. The zero-order valence-corrected chi connectivity index (χ0v) is 10.6. The standard InChI is InChI=1S/C14H23NO/c1-12(2)11-16-15-10-9-13(3)14-7-5-4-6-8-14/h4-8,12-13,15H,9-11H2,1-3H3. The smallest absolute Gasteiger partial charge is 0.0705 e. The van der Waals surface area contributed by atoms with Gasteiger partial charge in [-0.05, 0) is 23.8 Å². The van der Waals surface area contributed by atoms with Crippen molar-refractivity contribution in [3.05, 3.63) is 35.9 Å². The second kappa shape index (κ2) is 7.42. The molecule has 90 valence electrons. The molecule has 0 bridgehead atoms. The van der Waals surface area contributed by atoms with E-state index in [0.29, 0.717) is 11.8 Å². The van der Waals surface area contributed by atoms with Crippen LogP contribution in [0.25, 0.3) is 0 Å². The summed E-state index contributed by atoms with van der Waals surface area (Å²) in [5.74, 6) is 1.16. The Balaban J connectivity index is 2.14. The summed E-state index contributed by atoms with van der Waals surface area (Å²) in [5.41, 5.74) is 4.41. The molecule has 0 saturated carbocycles. The fourth-order valence-corrected chi connectivity index (χ4v) is 1.52. The molecule has 2 heteroatoms. The molecule has 2 nitrogen and oxygen atoms in total. The molecule has 0 radical (unpaired) electrons. The van der Waals surface area contributed by atoms with Crippen molar-refractivity contribution in [2.24, 2.45) is 5.92 Å². The van der Waals surface area contributed by atoms with Gasteiger partial charge in [-0.25, -0.2) is 5.48 Å². The van der Waals surface area contributed by atoms with Gasteiger partial charge in [-0.2, -0.15) is 0 Å². The first-order chi connectivity index (χ1) is 7.70. The molecule has 0 amide bonds. The molecule has 16 heavy (non-hydrogen) atoms. The molecule has 1 aromatic carbocycles. The van der Waals surface area contributed by atoms with Gasteiger partial charge in [0.2, 0.25) is 0 Å². The normalized spacial score (nSPS) is 13.0. The van der Waals surface area contributed by atoms with E-state index in [1.54, 1.807) is 0 Å². The molecule has 1 rings (SSSR count). The Labute approximate surface area is 99.0 Å². The van der Waals surface area contributed by atoms with Crippen LogP contribution in [0.4, 0.5) is 0 Å². The summed E-state index contributed by atoms with van der Waals surface area (Å²) in [7, 11) is 0. The van der Waals surface area contributed by atoms with E-state index in [4.69, 9.17) is 4.84 Å². The van der Waals surface area contributed by atoms with Crippen LogP contribution < -0.4 is 5.48 Å². The van der Waals surface area contributed by atoms with Crippen LogP contribution in [0.3, 0.4) is 0 Å². The lowest BCUT2D eigenvalue weighted by atomic mass is 9.98. The Morgan fingerprint density at radius 2 is 1.81 bits per heavy atom. The Kier molecular flexibility index (Phi) is 6.12. The number of rotatable bonds is 7. The van der Waals surface area contributed by atoms with Crippen molar-refractivity contribution >= 4 is 0 Å². The molecule has 0 fully saturated rings. The predicted molar refractivity (Wildman–Crippen MR) is 68.3 cm³/mol. The molecule has 0 aliphatic carbocycles. The number of hydroxylamine groups is 1. The lowest BCUT2D eigenvalue weighted by Gasteiger charge is -2.13. The third-order valence-corrected chi connectivity index (χ3v) is 2.57. The molecule has 1 aromatic rings. The van der Waals surface area contributed by atoms with Crippen LogP contribution in [-0.2, 0) is 4.84 Å². The summed E-state index contributed by atoms with van der Waals surface area (Å²) < 4.78 is 0. The van der Waals surface area contributed by atoms with E-state index in [1.165, 1.54) is 5.56 Å². The fourth-order valence-electron chi connectivity index (χ4n) is 1.52. The van der Waals surface area contributed by atoms with Crippen LogP contribution in [0, 0.1) is 5.92 Å². The van der Waals surface area contributed by atoms with Crippen molar-refractivity contribution in [2.45, 2.75) is 33.1 Å². The Hall–Kier alpha value is -0.860. The first-order valence-electron chi connectivity index (χ1n) is 6.09. The number of hydrogen-bond acceptors (Lipinski definition) is 2. The molecule has 0 aromatic heterocycles. The summed E-state index contributed by atoms with van der Waals surface area (Å²) in [6, 6.07) is 10.6. The first kappa shape index (κ1) is 13.2. The van der Waals surface area contributed by atoms with Crippen LogP contribution in [0.15, 0.2) is 30.3 Å². The van der Waals surface area contributed by atoms with Crippen LogP contribution in [0.2, 0.25) is 0 Å². The first-order valence-corrected chi connectivity index (χ1v) is 6.09. The molecule has 1 atom stereocenters. The average molecular weight is 221 g/mol. The molecule has 0 heterocycles. The Bertz CT molecular complexity index is 271. The van der Waals surface area contributed by atoms with Crippen molar-refractivity contribution in [3.63, 3.8) is 0 Å². The maximum atomic E-state index is 5.33. The molecule has 1 unspecified atom stereocenters. The minimum absolute atomic E-state index is 0.580.